The van der Waals surface area contributed by atoms with E-state index in [9.17, 15) is 5.11 Å². The lowest BCUT2D eigenvalue weighted by Gasteiger charge is -2.18. The molecular formula is C15H22ClNO2. The molecule has 1 aromatic rings. The van der Waals surface area contributed by atoms with Gasteiger partial charge in [0, 0.05) is 24.2 Å². The number of nitrogens with one attached hydrogen (secondary N) is 1. The van der Waals surface area contributed by atoms with Crippen molar-refractivity contribution in [2.75, 3.05) is 19.8 Å². The van der Waals surface area contributed by atoms with Crippen LogP contribution in [0.25, 0.3) is 0 Å². The van der Waals surface area contributed by atoms with Gasteiger partial charge in [0.1, 0.15) is 0 Å². The monoisotopic (exact) mass is 283 g/mol. The van der Waals surface area contributed by atoms with Crippen molar-refractivity contribution in [3.8, 4) is 0 Å². The van der Waals surface area contributed by atoms with Gasteiger partial charge in [0.2, 0.25) is 0 Å². The zero-order chi connectivity index (χ0) is 13.7. The van der Waals surface area contributed by atoms with E-state index in [0.717, 1.165) is 23.1 Å². The number of hydrogen-bond acceptors (Lipinski definition) is 3. The van der Waals surface area contributed by atoms with Gasteiger partial charge < -0.3 is 15.2 Å². The van der Waals surface area contributed by atoms with Crippen molar-refractivity contribution in [1.29, 1.82) is 0 Å². The minimum Gasteiger partial charge on any atom is -0.389 e. The van der Waals surface area contributed by atoms with Crippen LogP contribution in [0, 0.1) is 5.92 Å². The van der Waals surface area contributed by atoms with Gasteiger partial charge in [0.05, 0.1) is 12.7 Å². The molecule has 1 aliphatic rings. The molecule has 106 valence electrons. The Morgan fingerprint density at radius 2 is 2.16 bits per heavy atom. The fourth-order valence-corrected chi connectivity index (χ4v) is 2.26. The van der Waals surface area contributed by atoms with E-state index in [-0.39, 0.29) is 6.04 Å². The van der Waals surface area contributed by atoms with Gasteiger partial charge in [-0.2, -0.15) is 0 Å². The molecule has 0 aromatic heterocycles. The summed E-state index contributed by atoms with van der Waals surface area (Å²) in [5.41, 5.74) is 1.05. The quantitative estimate of drug-likeness (QED) is 0.771. The number of hydrogen-bond donors (Lipinski definition) is 2. The predicted octanol–water partition coefficient (Wildman–Crippen LogP) is 2.78. The van der Waals surface area contributed by atoms with Crippen LogP contribution in [0.4, 0.5) is 0 Å². The van der Waals surface area contributed by atoms with Crippen molar-refractivity contribution in [1.82, 2.24) is 5.32 Å². The third-order valence-electron chi connectivity index (χ3n) is 3.39. The van der Waals surface area contributed by atoms with E-state index in [2.05, 4.69) is 5.32 Å². The smallest absolute Gasteiger partial charge is 0.0897 e. The Labute approximate surface area is 119 Å². The molecule has 0 aliphatic heterocycles. The van der Waals surface area contributed by atoms with Crippen LogP contribution in [-0.2, 0) is 4.74 Å². The molecule has 1 fully saturated rings. The fraction of sp³-hybridized carbons (Fsp3) is 0.600. The normalized spacial score (nSPS) is 18.3. The zero-order valence-electron chi connectivity index (χ0n) is 11.3. The van der Waals surface area contributed by atoms with Crippen molar-refractivity contribution in [3.63, 3.8) is 0 Å². The molecule has 0 bridgehead atoms. The Balaban J connectivity index is 1.67. The summed E-state index contributed by atoms with van der Waals surface area (Å²) in [7, 11) is 0. The molecule has 2 rings (SSSR count). The minimum absolute atomic E-state index is 0.117. The van der Waals surface area contributed by atoms with Gasteiger partial charge in [-0.3, -0.25) is 0 Å². The summed E-state index contributed by atoms with van der Waals surface area (Å²) in [6.07, 6.45) is 2.08. The van der Waals surface area contributed by atoms with Crippen LogP contribution in [0.15, 0.2) is 24.3 Å². The highest BCUT2D eigenvalue weighted by Gasteiger charge is 2.21. The molecule has 0 saturated heterocycles. The lowest BCUT2D eigenvalue weighted by atomic mass is 10.1. The van der Waals surface area contributed by atoms with Gasteiger partial charge in [-0.1, -0.05) is 29.8 Å². The Hall–Kier alpha value is -0.610. The maximum absolute atomic E-state index is 9.83. The van der Waals surface area contributed by atoms with Crippen molar-refractivity contribution >= 4 is 11.6 Å². The van der Waals surface area contributed by atoms with Crippen LogP contribution in [-0.4, -0.2) is 31.0 Å². The molecule has 1 aromatic carbocycles. The van der Waals surface area contributed by atoms with Crippen molar-refractivity contribution in [2.45, 2.75) is 31.9 Å². The second-order valence-electron chi connectivity index (χ2n) is 5.29. The van der Waals surface area contributed by atoms with Gasteiger partial charge in [-0.15, -0.1) is 0 Å². The van der Waals surface area contributed by atoms with Crippen LogP contribution in [0.5, 0.6) is 0 Å². The third-order valence-corrected chi connectivity index (χ3v) is 3.74. The Morgan fingerprint density at radius 1 is 1.42 bits per heavy atom. The highest BCUT2D eigenvalue weighted by molar-refractivity contribution is 6.31. The SMILES string of the molecule is C[C@@H](NCC(O)COCC1CC1)c1ccccc1Cl. The van der Waals surface area contributed by atoms with E-state index in [1.165, 1.54) is 12.8 Å². The van der Waals surface area contributed by atoms with Gasteiger partial charge in [0.25, 0.3) is 0 Å². The standard InChI is InChI=1S/C15H22ClNO2/c1-11(14-4-2-3-5-15(14)16)17-8-13(18)10-19-9-12-6-7-12/h2-5,11-13,17-18H,6-10H2,1H3/t11-,13?/m1/s1. The molecular weight excluding hydrogens is 262 g/mol. The average molecular weight is 284 g/mol. The molecule has 1 saturated carbocycles. The minimum atomic E-state index is -0.469. The Bertz CT molecular complexity index is 395. The largest absolute Gasteiger partial charge is 0.389 e. The molecule has 2 N–H and O–H groups in total. The molecule has 1 unspecified atom stereocenters. The maximum atomic E-state index is 9.83. The molecule has 4 heteroatoms. The molecule has 19 heavy (non-hydrogen) atoms. The predicted molar refractivity (Wildman–Crippen MR) is 77.4 cm³/mol. The fourth-order valence-electron chi connectivity index (χ4n) is 1.96. The molecule has 1 aliphatic carbocycles. The van der Waals surface area contributed by atoms with Gasteiger partial charge in [0.15, 0.2) is 0 Å². The third kappa shape index (κ3) is 5.11. The first-order chi connectivity index (χ1) is 9.16. The Morgan fingerprint density at radius 3 is 2.84 bits per heavy atom. The van der Waals surface area contributed by atoms with Gasteiger partial charge in [-0.25, -0.2) is 0 Å². The van der Waals surface area contributed by atoms with Gasteiger partial charge >= 0.3 is 0 Å². The van der Waals surface area contributed by atoms with Crippen molar-refractivity contribution in [2.24, 2.45) is 5.92 Å². The maximum Gasteiger partial charge on any atom is 0.0897 e. The second-order valence-corrected chi connectivity index (χ2v) is 5.69. The van der Waals surface area contributed by atoms with Crippen LogP contribution in [0.3, 0.4) is 0 Å². The first-order valence-electron chi connectivity index (χ1n) is 6.90. The summed E-state index contributed by atoms with van der Waals surface area (Å²) in [6.45, 7) is 3.74. The number of rotatable bonds is 8. The molecule has 0 amide bonds. The van der Waals surface area contributed by atoms with Crippen LogP contribution in [0.2, 0.25) is 5.02 Å². The lowest BCUT2D eigenvalue weighted by molar-refractivity contribution is 0.0315. The van der Waals surface area contributed by atoms with Crippen molar-refractivity contribution < 1.29 is 9.84 Å². The van der Waals surface area contributed by atoms with Gasteiger partial charge in [-0.05, 0) is 37.3 Å². The summed E-state index contributed by atoms with van der Waals surface area (Å²) in [4.78, 5) is 0. The number of aliphatic hydroxyl groups excluding tert-OH is 1. The zero-order valence-corrected chi connectivity index (χ0v) is 12.1. The van der Waals surface area contributed by atoms with E-state index in [1.54, 1.807) is 0 Å². The first kappa shape index (κ1) is 14.8. The highest BCUT2D eigenvalue weighted by atomic mass is 35.5. The molecule has 2 atom stereocenters. The van der Waals surface area contributed by atoms with Crippen LogP contribution >= 0.6 is 11.6 Å². The molecule has 0 radical (unpaired) electrons. The van der Waals surface area contributed by atoms with E-state index in [0.29, 0.717) is 13.2 Å². The number of halogens is 1. The topological polar surface area (TPSA) is 41.5 Å². The van der Waals surface area contributed by atoms with Crippen molar-refractivity contribution in [3.05, 3.63) is 34.9 Å². The van der Waals surface area contributed by atoms with Crippen LogP contribution in [0.1, 0.15) is 31.4 Å². The molecule has 0 spiro atoms. The van der Waals surface area contributed by atoms with E-state index in [4.69, 9.17) is 16.3 Å². The first-order valence-corrected chi connectivity index (χ1v) is 7.28. The summed E-state index contributed by atoms with van der Waals surface area (Å²) in [6, 6.07) is 7.88. The van der Waals surface area contributed by atoms with E-state index < -0.39 is 6.10 Å². The lowest BCUT2D eigenvalue weighted by Crippen LogP contribution is -2.32. The Kier molecular flexibility index (Phi) is 5.64. The van der Waals surface area contributed by atoms with Crippen LogP contribution < -0.4 is 5.32 Å². The number of benzene rings is 1. The second kappa shape index (κ2) is 7.25. The number of ether oxygens (including phenoxy) is 1. The number of aliphatic hydroxyl groups is 1. The average Bonchev–Trinajstić information content (AvgIpc) is 3.20. The summed E-state index contributed by atoms with van der Waals surface area (Å²) >= 11 is 6.13. The highest BCUT2D eigenvalue weighted by Crippen LogP contribution is 2.28. The molecule has 0 heterocycles. The summed E-state index contributed by atoms with van der Waals surface area (Å²) < 4.78 is 5.47. The molecule has 3 nitrogen and oxygen atoms in total. The van der Waals surface area contributed by atoms with E-state index >= 15 is 0 Å². The van der Waals surface area contributed by atoms with E-state index in [1.807, 2.05) is 31.2 Å². The summed E-state index contributed by atoms with van der Waals surface area (Å²) in [5.74, 6) is 0.738. The summed E-state index contributed by atoms with van der Waals surface area (Å²) in [5, 5.41) is 13.9.